The molecule has 3 N–H and O–H groups in total. The number of amides is 2. The number of hydrogen-bond acceptors (Lipinski definition) is 4. The van der Waals surface area contributed by atoms with Gasteiger partial charge in [-0.25, -0.2) is 0 Å². The average molecular weight is 365 g/mol. The van der Waals surface area contributed by atoms with E-state index in [0.717, 1.165) is 65.0 Å². The molecule has 1 saturated heterocycles. The first kappa shape index (κ1) is 19.6. The summed E-state index contributed by atoms with van der Waals surface area (Å²) in [5.74, 6) is 1.16. The molecule has 0 aromatic carbocycles. The number of carbonyl (C=O) groups is 2. The molecule has 0 unspecified atom stereocenters. The smallest absolute Gasteiger partial charge is 0.223 e. The predicted octanol–water partition coefficient (Wildman–Crippen LogP) is 1.26. The Morgan fingerprint density at radius 2 is 1.65 bits per heavy atom. The molecule has 3 rings (SSSR count). The lowest BCUT2D eigenvalue weighted by atomic mass is 9.85. The van der Waals surface area contributed by atoms with Crippen molar-refractivity contribution in [2.75, 3.05) is 39.3 Å². The lowest BCUT2D eigenvalue weighted by Crippen LogP contribution is -2.47. The number of nitrogens with zero attached hydrogens (tertiary/aromatic N) is 1. The molecule has 6 nitrogen and oxygen atoms in total. The quantitative estimate of drug-likeness (QED) is 0.636. The van der Waals surface area contributed by atoms with Crippen molar-refractivity contribution in [2.45, 2.75) is 63.8 Å². The van der Waals surface area contributed by atoms with E-state index in [1.54, 1.807) is 0 Å². The summed E-state index contributed by atoms with van der Waals surface area (Å²) in [6.07, 6.45) is 9.37. The third kappa shape index (κ3) is 6.23. The molecule has 0 spiro atoms. The van der Waals surface area contributed by atoms with Gasteiger partial charge in [0.2, 0.25) is 11.8 Å². The summed E-state index contributed by atoms with van der Waals surface area (Å²) in [7, 11) is 0. The zero-order chi connectivity index (χ0) is 18.2. The summed E-state index contributed by atoms with van der Waals surface area (Å²) in [6, 6.07) is 0.272. The van der Waals surface area contributed by atoms with E-state index in [2.05, 4.69) is 20.9 Å². The van der Waals surface area contributed by atoms with Gasteiger partial charge in [0.25, 0.3) is 0 Å². The van der Waals surface area contributed by atoms with E-state index in [1.807, 2.05) is 0 Å². The zero-order valence-corrected chi connectivity index (χ0v) is 16.1. The van der Waals surface area contributed by atoms with Crippen LogP contribution in [0.5, 0.6) is 0 Å². The fourth-order valence-corrected chi connectivity index (χ4v) is 4.68. The Balaban J connectivity index is 1.27. The SMILES string of the molecule is O=C(CC1CCCC1)NC1CCC(C(=O)NCCN2CCNCC2)CC1. The van der Waals surface area contributed by atoms with E-state index in [1.165, 1.54) is 25.7 Å². The third-order valence-corrected chi connectivity index (χ3v) is 6.35. The van der Waals surface area contributed by atoms with Crippen LogP contribution in [0.25, 0.3) is 0 Å². The zero-order valence-electron chi connectivity index (χ0n) is 16.1. The summed E-state index contributed by atoms with van der Waals surface area (Å²) >= 11 is 0. The van der Waals surface area contributed by atoms with Crippen LogP contribution in [0.3, 0.4) is 0 Å². The Hall–Kier alpha value is -1.14. The standard InChI is InChI=1S/C20H36N4O2/c25-19(15-16-3-1-2-4-16)23-18-7-5-17(6-8-18)20(26)22-11-14-24-12-9-21-10-13-24/h16-18,21H,1-15H2,(H,22,26)(H,23,25). The predicted molar refractivity (Wildman–Crippen MR) is 103 cm³/mol. The van der Waals surface area contributed by atoms with Crippen molar-refractivity contribution in [1.29, 1.82) is 0 Å². The van der Waals surface area contributed by atoms with Gasteiger partial charge in [-0.3, -0.25) is 14.5 Å². The monoisotopic (exact) mass is 364 g/mol. The van der Waals surface area contributed by atoms with Crippen molar-refractivity contribution >= 4 is 11.8 Å². The van der Waals surface area contributed by atoms with Crippen LogP contribution in [0, 0.1) is 11.8 Å². The number of rotatable bonds is 7. The van der Waals surface area contributed by atoms with Crippen molar-refractivity contribution in [1.82, 2.24) is 20.9 Å². The van der Waals surface area contributed by atoms with Crippen molar-refractivity contribution in [3.05, 3.63) is 0 Å². The highest BCUT2D eigenvalue weighted by Gasteiger charge is 2.27. The lowest BCUT2D eigenvalue weighted by molar-refractivity contribution is -0.126. The summed E-state index contributed by atoms with van der Waals surface area (Å²) < 4.78 is 0. The van der Waals surface area contributed by atoms with Crippen LogP contribution >= 0.6 is 0 Å². The summed E-state index contributed by atoms with van der Waals surface area (Å²) in [5, 5.41) is 9.67. The molecule has 26 heavy (non-hydrogen) atoms. The van der Waals surface area contributed by atoms with E-state index in [4.69, 9.17) is 0 Å². The number of carbonyl (C=O) groups excluding carboxylic acids is 2. The maximum absolute atomic E-state index is 12.4. The van der Waals surface area contributed by atoms with E-state index in [9.17, 15) is 9.59 Å². The second kappa shape index (κ2) is 10.3. The molecule has 0 bridgehead atoms. The molecule has 2 saturated carbocycles. The molecule has 3 fully saturated rings. The van der Waals surface area contributed by atoms with Gasteiger partial charge in [-0.1, -0.05) is 12.8 Å². The highest BCUT2D eigenvalue weighted by atomic mass is 16.2. The van der Waals surface area contributed by atoms with Crippen LogP contribution in [0.15, 0.2) is 0 Å². The first-order chi connectivity index (χ1) is 12.7. The van der Waals surface area contributed by atoms with Crippen molar-refractivity contribution in [2.24, 2.45) is 11.8 Å². The molecule has 3 aliphatic rings. The molecule has 148 valence electrons. The molecule has 2 aliphatic carbocycles. The second-order valence-electron chi connectivity index (χ2n) is 8.35. The Bertz CT molecular complexity index is 451. The molecule has 1 heterocycles. The number of hydrogen-bond donors (Lipinski definition) is 3. The lowest BCUT2D eigenvalue weighted by Gasteiger charge is -2.30. The van der Waals surface area contributed by atoms with Gasteiger partial charge in [-0.15, -0.1) is 0 Å². The highest BCUT2D eigenvalue weighted by molar-refractivity contribution is 5.79. The molecule has 0 atom stereocenters. The maximum Gasteiger partial charge on any atom is 0.223 e. The summed E-state index contributed by atoms with van der Waals surface area (Å²) in [5.41, 5.74) is 0. The molecule has 0 aromatic rings. The molecular formula is C20H36N4O2. The van der Waals surface area contributed by atoms with Gasteiger partial charge in [0.15, 0.2) is 0 Å². The largest absolute Gasteiger partial charge is 0.355 e. The van der Waals surface area contributed by atoms with Gasteiger partial charge in [0.05, 0.1) is 0 Å². The second-order valence-corrected chi connectivity index (χ2v) is 8.35. The third-order valence-electron chi connectivity index (χ3n) is 6.35. The minimum absolute atomic E-state index is 0.126. The van der Waals surface area contributed by atoms with Crippen LogP contribution in [0.1, 0.15) is 57.8 Å². The van der Waals surface area contributed by atoms with E-state index >= 15 is 0 Å². The first-order valence-electron chi connectivity index (χ1n) is 10.7. The minimum atomic E-state index is 0.126. The topological polar surface area (TPSA) is 73.5 Å². The number of nitrogens with one attached hydrogen (secondary N) is 3. The molecule has 2 amide bonds. The first-order valence-corrected chi connectivity index (χ1v) is 10.7. The Morgan fingerprint density at radius 1 is 0.962 bits per heavy atom. The van der Waals surface area contributed by atoms with Gasteiger partial charge < -0.3 is 16.0 Å². The van der Waals surface area contributed by atoms with Crippen molar-refractivity contribution in [3.8, 4) is 0 Å². The fraction of sp³-hybridized carbons (Fsp3) is 0.900. The molecule has 0 radical (unpaired) electrons. The van der Waals surface area contributed by atoms with Crippen molar-refractivity contribution in [3.63, 3.8) is 0 Å². The highest BCUT2D eigenvalue weighted by Crippen LogP contribution is 2.28. The van der Waals surface area contributed by atoms with Crippen LogP contribution in [0.4, 0.5) is 0 Å². The normalized spacial score (nSPS) is 28.0. The Labute approximate surface area is 157 Å². The number of piperazine rings is 1. The maximum atomic E-state index is 12.4. The van der Waals surface area contributed by atoms with E-state index in [-0.39, 0.29) is 23.8 Å². The van der Waals surface area contributed by atoms with Crippen LogP contribution in [0.2, 0.25) is 0 Å². The average Bonchev–Trinajstić information content (AvgIpc) is 3.16. The van der Waals surface area contributed by atoms with Crippen molar-refractivity contribution < 1.29 is 9.59 Å². The molecular weight excluding hydrogens is 328 g/mol. The van der Waals surface area contributed by atoms with Gasteiger partial charge >= 0.3 is 0 Å². The summed E-state index contributed by atoms with van der Waals surface area (Å²) in [4.78, 5) is 26.9. The van der Waals surface area contributed by atoms with Gasteiger partial charge in [0, 0.05) is 57.6 Å². The molecule has 1 aliphatic heterocycles. The van der Waals surface area contributed by atoms with Crippen LogP contribution in [-0.2, 0) is 9.59 Å². The Morgan fingerprint density at radius 3 is 2.35 bits per heavy atom. The van der Waals surface area contributed by atoms with E-state index in [0.29, 0.717) is 12.3 Å². The Kier molecular flexibility index (Phi) is 7.74. The van der Waals surface area contributed by atoms with Gasteiger partial charge in [-0.2, -0.15) is 0 Å². The van der Waals surface area contributed by atoms with Gasteiger partial charge in [0.1, 0.15) is 0 Å². The van der Waals surface area contributed by atoms with E-state index < -0.39 is 0 Å². The molecule has 6 heteroatoms. The van der Waals surface area contributed by atoms with Crippen LogP contribution < -0.4 is 16.0 Å². The van der Waals surface area contributed by atoms with Gasteiger partial charge in [-0.05, 0) is 44.4 Å². The molecule has 0 aromatic heterocycles. The minimum Gasteiger partial charge on any atom is -0.355 e. The fourth-order valence-electron chi connectivity index (χ4n) is 4.68. The van der Waals surface area contributed by atoms with Crippen LogP contribution in [-0.4, -0.2) is 62.0 Å². The summed E-state index contributed by atoms with van der Waals surface area (Å²) in [6.45, 7) is 5.93.